The second-order valence-corrected chi connectivity index (χ2v) is 5.13. The van der Waals surface area contributed by atoms with E-state index in [4.69, 9.17) is 0 Å². The third-order valence-corrected chi connectivity index (χ3v) is 3.68. The Balaban J connectivity index is 1.90. The Morgan fingerprint density at radius 2 is 1.57 bits per heavy atom. The number of hydrogen-bond acceptors (Lipinski definition) is 2. The van der Waals surface area contributed by atoms with Crippen molar-refractivity contribution >= 4 is 17.2 Å². The monoisotopic (exact) mass is 319 g/mol. The van der Waals surface area contributed by atoms with E-state index in [0.717, 1.165) is 12.1 Å². The summed E-state index contributed by atoms with van der Waals surface area (Å²) in [5.41, 5.74) is 0.548. The molecule has 1 aliphatic rings. The summed E-state index contributed by atoms with van der Waals surface area (Å²) in [6.07, 6.45) is -4.42. The molecule has 3 nitrogen and oxygen atoms in total. The van der Waals surface area contributed by atoms with E-state index in [9.17, 15) is 23.1 Å². The zero-order chi connectivity index (χ0) is 16.6. The van der Waals surface area contributed by atoms with E-state index in [1.807, 2.05) is 0 Å². The lowest BCUT2D eigenvalue weighted by molar-refractivity contribution is -0.137. The van der Waals surface area contributed by atoms with Crippen molar-refractivity contribution < 1.29 is 23.1 Å². The Kier molecular flexibility index (Phi) is 3.60. The Morgan fingerprint density at radius 1 is 0.957 bits per heavy atom. The second kappa shape index (κ2) is 5.46. The number of carbonyl (C=O) groups is 1. The largest absolute Gasteiger partial charge is 0.503 e. The number of rotatable bonds is 2. The molecular formula is C17H12F3NO2. The highest BCUT2D eigenvalue weighted by Gasteiger charge is 2.33. The predicted octanol–water partition coefficient (Wildman–Crippen LogP) is 4.02. The fourth-order valence-corrected chi connectivity index (χ4v) is 2.47. The summed E-state index contributed by atoms with van der Waals surface area (Å²) in [4.78, 5) is 13.5. The maximum Gasteiger partial charge on any atom is 0.416 e. The maximum atomic E-state index is 12.6. The molecule has 2 aromatic rings. The predicted molar refractivity (Wildman–Crippen MR) is 79.8 cm³/mol. The van der Waals surface area contributed by atoms with Gasteiger partial charge in [-0.1, -0.05) is 30.3 Å². The zero-order valence-electron chi connectivity index (χ0n) is 11.8. The average molecular weight is 319 g/mol. The summed E-state index contributed by atoms with van der Waals surface area (Å²) in [7, 11) is 0. The third kappa shape index (κ3) is 2.79. The molecule has 0 saturated carbocycles. The van der Waals surface area contributed by atoms with Crippen LogP contribution in [-0.2, 0) is 11.0 Å². The molecule has 0 saturated heterocycles. The topological polar surface area (TPSA) is 40.5 Å². The fraction of sp³-hybridized carbons (Fsp3) is 0.118. The van der Waals surface area contributed by atoms with E-state index < -0.39 is 23.4 Å². The highest BCUT2D eigenvalue weighted by molar-refractivity contribution is 6.14. The SMILES string of the molecule is O=C1C(O)=C(c2ccc(C(F)(F)F)cc2)CN1c1ccccc1. The quantitative estimate of drug-likeness (QED) is 0.908. The number of para-hydroxylation sites is 1. The lowest BCUT2D eigenvalue weighted by atomic mass is 10.0. The Hall–Kier alpha value is -2.76. The summed E-state index contributed by atoms with van der Waals surface area (Å²) in [5.74, 6) is -1.00. The number of nitrogens with zero attached hydrogens (tertiary/aromatic N) is 1. The minimum atomic E-state index is -4.42. The fourth-order valence-electron chi connectivity index (χ4n) is 2.47. The van der Waals surface area contributed by atoms with Crippen molar-refractivity contribution in [3.8, 4) is 0 Å². The highest BCUT2D eigenvalue weighted by Crippen LogP contribution is 2.33. The van der Waals surface area contributed by atoms with E-state index >= 15 is 0 Å². The number of halogens is 3. The summed E-state index contributed by atoms with van der Waals surface area (Å²) >= 11 is 0. The number of hydrogen-bond donors (Lipinski definition) is 1. The zero-order valence-corrected chi connectivity index (χ0v) is 11.8. The molecule has 0 atom stereocenters. The summed E-state index contributed by atoms with van der Waals surface area (Å²) in [6, 6.07) is 13.2. The van der Waals surface area contributed by atoms with Crippen molar-refractivity contribution in [2.45, 2.75) is 6.18 Å². The van der Waals surface area contributed by atoms with Crippen molar-refractivity contribution in [2.24, 2.45) is 0 Å². The van der Waals surface area contributed by atoms with Crippen LogP contribution in [0.1, 0.15) is 11.1 Å². The Labute approximate surface area is 130 Å². The molecule has 0 unspecified atom stereocenters. The number of benzene rings is 2. The summed E-state index contributed by atoms with van der Waals surface area (Å²) in [5, 5.41) is 10.0. The van der Waals surface area contributed by atoms with Crippen molar-refractivity contribution in [3.05, 3.63) is 71.5 Å². The van der Waals surface area contributed by atoms with Crippen LogP contribution < -0.4 is 4.90 Å². The van der Waals surface area contributed by atoms with Crippen LogP contribution in [0, 0.1) is 0 Å². The van der Waals surface area contributed by atoms with E-state index in [0.29, 0.717) is 16.8 Å². The molecule has 0 fully saturated rings. The van der Waals surface area contributed by atoms with Gasteiger partial charge in [0.1, 0.15) is 0 Å². The molecule has 1 heterocycles. The lowest BCUT2D eigenvalue weighted by Crippen LogP contribution is -2.26. The van der Waals surface area contributed by atoms with Gasteiger partial charge in [0.15, 0.2) is 5.76 Å². The molecule has 118 valence electrons. The summed E-state index contributed by atoms with van der Waals surface area (Å²) < 4.78 is 37.8. The standard InChI is InChI=1S/C17H12F3NO2/c18-17(19,20)12-8-6-11(7-9-12)14-10-21(16(23)15(14)22)13-4-2-1-3-5-13/h1-9,22H,10H2. The Morgan fingerprint density at radius 3 is 2.13 bits per heavy atom. The molecule has 6 heteroatoms. The van der Waals surface area contributed by atoms with Crippen molar-refractivity contribution in [1.29, 1.82) is 0 Å². The van der Waals surface area contributed by atoms with E-state index in [2.05, 4.69) is 0 Å². The van der Waals surface area contributed by atoms with Gasteiger partial charge in [0.2, 0.25) is 0 Å². The van der Waals surface area contributed by atoms with E-state index in [1.165, 1.54) is 17.0 Å². The minimum Gasteiger partial charge on any atom is -0.503 e. The maximum absolute atomic E-state index is 12.6. The van der Waals surface area contributed by atoms with Crippen LogP contribution in [0.4, 0.5) is 18.9 Å². The first-order valence-electron chi connectivity index (χ1n) is 6.84. The van der Waals surface area contributed by atoms with Gasteiger partial charge in [-0.25, -0.2) is 0 Å². The molecule has 0 aromatic heterocycles. The van der Waals surface area contributed by atoms with Crippen LogP contribution >= 0.6 is 0 Å². The van der Waals surface area contributed by atoms with Gasteiger partial charge in [-0.2, -0.15) is 13.2 Å². The number of amides is 1. The number of aliphatic hydroxyl groups is 1. The minimum absolute atomic E-state index is 0.111. The second-order valence-electron chi connectivity index (χ2n) is 5.13. The molecule has 1 amide bonds. The molecule has 0 aliphatic carbocycles. The lowest BCUT2D eigenvalue weighted by Gasteiger charge is -2.16. The average Bonchev–Trinajstić information content (AvgIpc) is 2.84. The number of alkyl halides is 3. The molecule has 3 rings (SSSR count). The Bertz CT molecular complexity index is 765. The third-order valence-electron chi connectivity index (χ3n) is 3.68. The number of anilines is 1. The van der Waals surface area contributed by atoms with Crippen molar-refractivity contribution in [2.75, 3.05) is 11.4 Å². The molecule has 1 aliphatic heterocycles. The van der Waals surface area contributed by atoms with Crippen LogP contribution in [0.2, 0.25) is 0 Å². The van der Waals surface area contributed by atoms with Gasteiger partial charge in [0.05, 0.1) is 12.1 Å². The van der Waals surface area contributed by atoms with Crippen LogP contribution in [0.25, 0.3) is 5.57 Å². The van der Waals surface area contributed by atoms with Crippen LogP contribution in [0.5, 0.6) is 0 Å². The van der Waals surface area contributed by atoms with Crippen LogP contribution in [0.3, 0.4) is 0 Å². The van der Waals surface area contributed by atoms with Crippen molar-refractivity contribution in [1.82, 2.24) is 0 Å². The molecule has 2 aromatic carbocycles. The van der Waals surface area contributed by atoms with Crippen LogP contribution in [-0.4, -0.2) is 17.6 Å². The van der Waals surface area contributed by atoms with E-state index in [-0.39, 0.29) is 6.54 Å². The van der Waals surface area contributed by atoms with Gasteiger partial charge < -0.3 is 10.0 Å². The van der Waals surface area contributed by atoms with Gasteiger partial charge in [0, 0.05) is 11.3 Å². The molecule has 0 bridgehead atoms. The van der Waals surface area contributed by atoms with Crippen LogP contribution in [0.15, 0.2) is 60.4 Å². The normalized spacial score (nSPS) is 15.4. The highest BCUT2D eigenvalue weighted by atomic mass is 19.4. The van der Waals surface area contributed by atoms with Gasteiger partial charge in [-0.15, -0.1) is 0 Å². The molecule has 1 N–H and O–H groups in total. The smallest absolute Gasteiger partial charge is 0.416 e. The first-order chi connectivity index (χ1) is 10.9. The molecular weight excluding hydrogens is 307 g/mol. The van der Waals surface area contributed by atoms with Gasteiger partial charge in [0.25, 0.3) is 5.91 Å². The number of aliphatic hydroxyl groups excluding tert-OH is 1. The molecule has 0 radical (unpaired) electrons. The summed E-state index contributed by atoms with van der Waals surface area (Å²) in [6.45, 7) is 0.111. The first kappa shape index (κ1) is 15.1. The number of carbonyl (C=O) groups excluding carboxylic acids is 1. The van der Waals surface area contributed by atoms with Gasteiger partial charge in [-0.05, 0) is 29.8 Å². The first-order valence-corrected chi connectivity index (χ1v) is 6.84. The van der Waals surface area contributed by atoms with Gasteiger partial charge >= 0.3 is 6.18 Å². The van der Waals surface area contributed by atoms with Crippen molar-refractivity contribution in [3.63, 3.8) is 0 Å². The van der Waals surface area contributed by atoms with Gasteiger partial charge in [-0.3, -0.25) is 4.79 Å². The van der Waals surface area contributed by atoms with E-state index in [1.54, 1.807) is 30.3 Å². The molecule has 0 spiro atoms. The molecule has 23 heavy (non-hydrogen) atoms.